The second kappa shape index (κ2) is 6.76. The number of hydrogen-bond donors (Lipinski definition) is 1. The minimum atomic E-state index is 0.131. The van der Waals surface area contributed by atoms with Crippen LogP contribution in [0.3, 0.4) is 0 Å². The number of fused-ring (bicyclic) bond motifs is 1. The molecule has 0 saturated heterocycles. The Morgan fingerprint density at radius 3 is 2.74 bits per heavy atom. The zero-order chi connectivity index (χ0) is 16.4. The molecule has 0 aliphatic carbocycles. The third-order valence-electron chi connectivity index (χ3n) is 3.42. The van der Waals surface area contributed by atoms with E-state index >= 15 is 0 Å². The summed E-state index contributed by atoms with van der Waals surface area (Å²) in [5, 5.41) is 10.4. The molecular formula is C17H15BrN2O2S. The topological polar surface area (TPSA) is 55.0 Å². The van der Waals surface area contributed by atoms with Crippen LogP contribution in [0.25, 0.3) is 22.0 Å². The number of carbonyl (C=O) groups is 1. The van der Waals surface area contributed by atoms with E-state index in [1.807, 2.05) is 24.3 Å². The highest BCUT2D eigenvalue weighted by atomic mass is 79.9. The Bertz CT molecular complexity index is 876. The first-order chi connectivity index (χ1) is 11.1. The Morgan fingerprint density at radius 2 is 2.00 bits per heavy atom. The molecule has 0 atom stereocenters. The predicted molar refractivity (Wildman–Crippen MR) is 97.2 cm³/mol. The van der Waals surface area contributed by atoms with Gasteiger partial charge in [0.15, 0.2) is 0 Å². The van der Waals surface area contributed by atoms with E-state index in [1.165, 1.54) is 11.8 Å². The van der Waals surface area contributed by atoms with Crippen LogP contribution in [0, 0.1) is 0 Å². The summed E-state index contributed by atoms with van der Waals surface area (Å²) in [7, 11) is 1.66. The molecule has 1 aromatic heterocycles. The van der Waals surface area contributed by atoms with Gasteiger partial charge in [0.2, 0.25) is 0 Å². The van der Waals surface area contributed by atoms with E-state index in [9.17, 15) is 4.79 Å². The highest BCUT2D eigenvalue weighted by Crippen LogP contribution is 2.35. The van der Waals surface area contributed by atoms with Gasteiger partial charge in [-0.2, -0.15) is 5.10 Å². The van der Waals surface area contributed by atoms with E-state index in [-0.39, 0.29) is 5.78 Å². The summed E-state index contributed by atoms with van der Waals surface area (Å²) in [6.07, 6.45) is 0. The monoisotopic (exact) mass is 390 g/mol. The molecule has 0 amide bonds. The first-order valence-electron chi connectivity index (χ1n) is 7.03. The van der Waals surface area contributed by atoms with Crippen molar-refractivity contribution in [2.45, 2.75) is 11.9 Å². The number of halogens is 1. The molecule has 0 saturated carbocycles. The largest absolute Gasteiger partial charge is 0.497 e. The van der Waals surface area contributed by atoms with Crippen molar-refractivity contribution in [3.8, 4) is 17.0 Å². The molecule has 0 spiro atoms. The zero-order valence-electron chi connectivity index (χ0n) is 12.7. The van der Waals surface area contributed by atoms with Crippen LogP contribution in [0.4, 0.5) is 0 Å². The van der Waals surface area contributed by atoms with E-state index < -0.39 is 0 Å². The second-order valence-corrected chi connectivity index (χ2v) is 6.89. The molecule has 0 fully saturated rings. The van der Waals surface area contributed by atoms with E-state index in [1.54, 1.807) is 14.0 Å². The van der Waals surface area contributed by atoms with Crippen molar-refractivity contribution in [3.63, 3.8) is 0 Å². The summed E-state index contributed by atoms with van der Waals surface area (Å²) in [6, 6.07) is 12.2. The number of aromatic nitrogens is 2. The van der Waals surface area contributed by atoms with Gasteiger partial charge in [0, 0.05) is 5.56 Å². The number of rotatable bonds is 5. The van der Waals surface area contributed by atoms with Gasteiger partial charge in [0.25, 0.3) is 0 Å². The molecule has 0 unspecified atom stereocenters. The lowest BCUT2D eigenvalue weighted by Gasteiger charge is -2.05. The number of ketones is 1. The van der Waals surface area contributed by atoms with Crippen molar-refractivity contribution in [2.24, 2.45) is 0 Å². The minimum absolute atomic E-state index is 0.131. The summed E-state index contributed by atoms with van der Waals surface area (Å²) in [5.41, 5.74) is 1.95. The number of carbonyl (C=O) groups excluding carboxylic acids is 1. The highest BCUT2D eigenvalue weighted by Gasteiger charge is 2.14. The molecule has 0 aliphatic rings. The molecule has 0 bridgehead atoms. The number of aromatic amines is 1. The van der Waals surface area contributed by atoms with Crippen LogP contribution < -0.4 is 4.74 Å². The number of hydrogen-bond acceptors (Lipinski definition) is 4. The minimum Gasteiger partial charge on any atom is -0.497 e. The maximum absolute atomic E-state index is 11.1. The molecule has 4 nitrogen and oxygen atoms in total. The van der Waals surface area contributed by atoms with Gasteiger partial charge in [-0.05, 0) is 51.8 Å². The average Bonchev–Trinajstić information content (AvgIpc) is 2.92. The van der Waals surface area contributed by atoms with Gasteiger partial charge in [-0.1, -0.05) is 30.0 Å². The lowest BCUT2D eigenvalue weighted by molar-refractivity contribution is -0.114. The van der Waals surface area contributed by atoms with E-state index in [2.05, 4.69) is 38.3 Å². The molecule has 0 radical (unpaired) electrons. The lowest BCUT2D eigenvalue weighted by Crippen LogP contribution is -1.92. The van der Waals surface area contributed by atoms with Crippen LogP contribution in [0.1, 0.15) is 6.92 Å². The van der Waals surface area contributed by atoms with Gasteiger partial charge >= 0.3 is 0 Å². The fourth-order valence-corrected chi connectivity index (χ4v) is 3.70. The summed E-state index contributed by atoms with van der Waals surface area (Å²) >= 11 is 5.00. The third kappa shape index (κ3) is 3.43. The van der Waals surface area contributed by atoms with Gasteiger partial charge in [-0.3, -0.25) is 9.89 Å². The Morgan fingerprint density at radius 1 is 1.26 bits per heavy atom. The van der Waals surface area contributed by atoms with E-state index in [4.69, 9.17) is 4.74 Å². The number of ether oxygens (including phenoxy) is 1. The van der Waals surface area contributed by atoms with Crippen molar-refractivity contribution in [1.82, 2.24) is 10.2 Å². The summed E-state index contributed by atoms with van der Waals surface area (Å²) in [4.78, 5) is 11.1. The molecule has 1 N–H and O–H groups in total. The molecule has 1 heterocycles. The van der Waals surface area contributed by atoms with Crippen LogP contribution in [-0.4, -0.2) is 28.8 Å². The molecule has 0 aliphatic heterocycles. The maximum Gasteiger partial charge on any atom is 0.140 e. The van der Waals surface area contributed by atoms with Crippen molar-refractivity contribution < 1.29 is 9.53 Å². The van der Waals surface area contributed by atoms with Crippen molar-refractivity contribution in [1.29, 1.82) is 0 Å². The Balaban J connectivity index is 1.95. The number of methoxy groups -OCH3 is 1. The number of H-pyrrole nitrogens is 1. The highest BCUT2D eigenvalue weighted by molar-refractivity contribution is 9.10. The molecule has 2 aromatic carbocycles. The van der Waals surface area contributed by atoms with Crippen molar-refractivity contribution in [3.05, 3.63) is 40.9 Å². The number of Topliss-reactive ketones (excluding diaryl/α,β-unsaturated/α-hetero) is 1. The standard InChI is InChI=1S/C17H15BrN2O2S/c1-10(21)9-23-17-15(18)16(19-20-17)13-4-3-12-8-14(22-2)6-5-11(12)7-13/h3-8H,9H2,1-2H3,(H,19,20). The Kier molecular flexibility index (Phi) is 4.73. The maximum atomic E-state index is 11.1. The van der Waals surface area contributed by atoms with Gasteiger partial charge in [0.1, 0.15) is 16.6 Å². The fraction of sp³-hybridized carbons (Fsp3) is 0.176. The van der Waals surface area contributed by atoms with Crippen LogP contribution in [0.5, 0.6) is 5.75 Å². The third-order valence-corrected chi connectivity index (χ3v) is 5.58. The second-order valence-electron chi connectivity index (χ2n) is 5.14. The molecule has 3 rings (SSSR count). The van der Waals surface area contributed by atoms with Crippen molar-refractivity contribution >= 4 is 44.2 Å². The summed E-state index contributed by atoms with van der Waals surface area (Å²) in [6.45, 7) is 1.58. The van der Waals surface area contributed by atoms with Crippen LogP contribution in [0.15, 0.2) is 45.9 Å². The number of nitrogens with zero attached hydrogens (tertiary/aromatic N) is 1. The lowest BCUT2D eigenvalue weighted by atomic mass is 10.0. The zero-order valence-corrected chi connectivity index (χ0v) is 15.1. The van der Waals surface area contributed by atoms with Crippen LogP contribution in [0.2, 0.25) is 0 Å². The number of thioether (sulfide) groups is 1. The van der Waals surface area contributed by atoms with Gasteiger partial charge in [-0.25, -0.2) is 0 Å². The number of benzene rings is 2. The first-order valence-corrected chi connectivity index (χ1v) is 8.80. The van der Waals surface area contributed by atoms with Gasteiger partial charge in [0.05, 0.1) is 23.0 Å². The smallest absolute Gasteiger partial charge is 0.140 e. The van der Waals surface area contributed by atoms with Crippen molar-refractivity contribution in [2.75, 3.05) is 12.9 Å². The van der Waals surface area contributed by atoms with E-state index in [0.29, 0.717) is 5.75 Å². The molecule has 23 heavy (non-hydrogen) atoms. The first kappa shape index (κ1) is 16.1. The summed E-state index contributed by atoms with van der Waals surface area (Å²) in [5.74, 6) is 1.39. The fourth-order valence-electron chi connectivity index (χ4n) is 2.27. The summed E-state index contributed by atoms with van der Waals surface area (Å²) < 4.78 is 6.14. The van der Waals surface area contributed by atoms with Gasteiger partial charge in [-0.15, -0.1) is 0 Å². The predicted octanol–water partition coefficient (Wildman–Crippen LogP) is 4.68. The molecule has 3 aromatic rings. The average molecular weight is 391 g/mol. The normalized spacial score (nSPS) is 10.9. The quantitative estimate of drug-likeness (QED) is 0.642. The number of nitrogens with one attached hydrogen (secondary N) is 1. The Hall–Kier alpha value is -1.79. The SMILES string of the molecule is COc1ccc2cc(-c3[nH]nc(SCC(C)=O)c3Br)ccc2c1. The molecular weight excluding hydrogens is 376 g/mol. The van der Waals surface area contributed by atoms with Gasteiger partial charge < -0.3 is 4.74 Å². The molecule has 6 heteroatoms. The van der Waals surface area contributed by atoms with E-state index in [0.717, 1.165) is 37.3 Å². The molecule has 118 valence electrons. The van der Waals surface area contributed by atoms with Crippen LogP contribution >= 0.6 is 27.7 Å². The van der Waals surface area contributed by atoms with Crippen LogP contribution in [-0.2, 0) is 4.79 Å². The Labute approximate surface area is 146 Å².